The van der Waals surface area contributed by atoms with Crippen LogP contribution in [0.4, 0.5) is 0 Å². The summed E-state index contributed by atoms with van der Waals surface area (Å²) in [7, 11) is 0. The molecule has 0 aliphatic carbocycles. The van der Waals surface area contributed by atoms with Gasteiger partial charge in [-0.15, -0.1) is 0 Å². The molecule has 0 radical (unpaired) electrons. The van der Waals surface area contributed by atoms with E-state index in [1.54, 1.807) is 0 Å². The van der Waals surface area contributed by atoms with Crippen LogP contribution < -0.4 is 5.32 Å². The normalized spacial score (nSPS) is 22.4. The molecular weight excluding hydrogens is 438 g/mol. The van der Waals surface area contributed by atoms with Gasteiger partial charge in [0.1, 0.15) is 0 Å². The Morgan fingerprint density at radius 2 is 2.03 bits per heavy atom. The van der Waals surface area contributed by atoms with Gasteiger partial charge in [-0.2, -0.15) is 4.98 Å². The van der Waals surface area contributed by atoms with E-state index in [0.717, 1.165) is 57.0 Å². The van der Waals surface area contributed by atoms with Gasteiger partial charge in [0.05, 0.1) is 12.5 Å². The molecule has 0 bridgehead atoms. The number of piperidine rings is 2. The lowest BCUT2D eigenvalue weighted by atomic mass is 9.97. The highest BCUT2D eigenvalue weighted by Gasteiger charge is 2.27. The molecule has 1 N–H and O–H groups in total. The van der Waals surface area contributed by atoms with Crippen LogP contribution in [0.2, 0.25) is 5.02 Å². The molecule has 2 aliphatic rings. The number of carbonyl (C=O) groups is 1. The van der Waals surface area contributed by atoms with E-state index in [9.17, 15) is 4.79 Å². The highest BCUT2D eigenvalue weighted by Crippen LogP contribution is 2.22. The number of rotatable bonds is 9. The summed E-state index contributed by atoms with van der Waals surface area (Å²) in [4.78, 5) is 22.1. The maximum atomic E-state index is 12.8. The Hall–Kier alpha value is -1.96. The highest BCUT2D eigenvalue weighted by molar-refractivity contribution is 6.30. The number of benzene rings is 1. The molecule has 1 amide bonds. The van der Waals surface area contributed by atoms with Crippen molar-refractivity contribution in [3.05, 3.63) is 35.2 Å². The first kappa shape index (κ1) is 24.2. The van der Waals surface area contributed by atoms with Crippen molar-refractivity contribution in [1.29, 1.82) is 0 Å². The third-order valence-corrected chi connectivity index (χ3v) is 7.20. The predicted molar refractivity (Wildman–Crippen MR) is 130 cm³/mol. The Balaban J connectivity index is 1.20. The molecular formula is C25H36ClN5O2. The molecule has 7 nitrogen and oxygen atoms in total. The van der Waals surface area contributed by atoms with E-state index >= 15 is 0 Å². The zero-order chi connectivity index (χ0) is 23.0. The van der Waals surface area contributed by atoms with Crippen LogP contribution >= 0.6 is 11.6 Å². The number of nitrogens with one attached hydrogen (secondary N) is 1. The number of carbonyl (C=O) groups excluding carboxylic acids is 1. The monoisotopic (exact) mass is 473 g/mol. The fourth-order valence-corrected chi connectivity index (χ4v) is 5.22. The zero-order valence-corrected chi connectivity index (χ0v) is 20.4. The van der Waals surface area contributed by atoms with Crippen molar-refractivity contribution < 1.29 is 9.32 Å². The molecule has 180 valence electrons. The molecule has 3 heterocycles. The van der Waals surface area contributed by atoms with Crippen molar-refractivity contribution in [3.63, 3.8) is 0 Å². The van der Waals surface area contributed by atoms with Crippen molar-refractivity contribution in [2.45, 2.75) is 64.5 Å². The van der Waals surface area contributed by atoms with Crippen molar-refractivity contribution in [3.8, 4) is 11.4 Å². The van der Waals surface area contributed by atoms with E-state index in [-0.39, 0.29) is 11.8 Å². The van der Waals surface area contributed by atoms with Gasteiger partial charge < -0.3 is 14.7 Å². The van der Waals surface area contributed by atoms with Crippen molar-refractivity contribution >= 4 is 17.5 Å². The lowest BCUT2D eigenvalue weighted by Gasteiger charge is -2.35. The first-order valence-electron chi connectivity index (χ1n) is 12.4. The van der Waals surface area contributed by atoms with Gasteiger partial charge >= 0.3 is 0 Å². The fourth-order valence-electron chi connectivity index (χ4n) is 5.09. The standard InChI is InChI=1S/C25H36ClN5O2/c1-2-22-8-3-4-15-31(22)16-6-13-27-25(32)20-7-5-14-30(17-20)18-23-28-24(29-33-23)19-9-11-21(26)12-10-19/h9-12,20,22H,2-8,13-18H2,1H3,(H,27,32). The van der Waals surface area contributed by atoms with Gasteiger partial charge in [-0.1, -0.05) is 30.1 Å². The molecule has 2 saturated heterocycles. The quantitative estimate of drug-likeness (QED) is 0.545. The first-order valence-corrected chi connectivity index (χ1v) is 12.8. The summed E-state index contributed by atoms with van der Waals surface area (Å²) >= 11 is 5.95. The summed E-state index contributed by atoms with van der Waals surface area (Å²) in [5, 5.41) is 7.96. The van der Waals surface area contributed by atoms with Crippen LogP contribution in [0.3, 0.4) is 0 Å². The van der Waals surface area contributed by atoms with E-state index in [2.05, 4.69) is 32.2 Å². The summed E-state index contributed by atoms with van der Waals surface area (Å²) in [6, 6.07) is 8.12. The molecule has 2 aliphatic heterocycles. The minimum atomic E-state index is 0.0239. The number of hydrogen-bond acceptors (Lipinski definition) is 6. The van der Waals surface area contributed by atoms with Gasteiger partial charge in [0.2, 0.25) is 17.6 Å². The lowest BCUT2D eigenvalue weighted by molar-refractivity contribution is -0.126. The van der Waals surface area contributed by atoms with Crippen LogP contribution in [0.5, 0.6) is 0 Å². The predicted octanol–water partition coefficient (Wildman–Crippen LogP) is 4.37. The summed E-state index contributed by atoms with van der Waals surface area (Å²) in [5.41, 5.74) is 0.875. The van der Waals surface area contributed by atoms with E-state index in [0.29, 0.717) is 23.3 Å². The summed E-state index contributed by atoms with van der Waals surface area (Å²) < 4.78 is 5.46. The second-order valence-corrected chi connectivity index (χ2v) is 9.77. The number of likely N-dealkylation sites (tertiary alicyclic amines) is 2. The maximum absolute atomic E-state index is 12.8. The molecule has 2 unspecified atom stereocenters. The SMILES string of the molecule is CCC1CCCCN1CCCNC(=O)C1CCCN(Cc2nc(-c3ccc(Cl)cc3)no2)C1. The molecule has 2 fully saturated rings. The van der Waals surface area contributed by atoms with Crippen LogP contribution in [0.1, 0.15) is 57.8 Å². The van der Waals surface area contributed by atoms with Crippen LogP contribution in [0, 0.1) is 5.92 Å². The van der Waals surface area contributed by atoms with E-state index in [1.165, 1.54) is 32.2 Å². The fraction of sp³-hybridized carbons (Fsp3) is 0.640. The number of aromatic nitrogens is 2. The van der Waals surface area contributed by atoms with Gasteiger partial charge in [-0.25, -0.2) is 0 Å². The third kappa shape index (κ3) is 6.78. The number of amides is 1. The van der Waals surface area contributed by atoms with Gasteiger partial charge in [-0.05, 0) is 75.9 Å². The Morgan fingerprint density at radius 3 is 2.85 bits per heavy atom. The molecule has 1 aromatic carbocycles. The number of hydrogen-bond donors (Lipinski definition) is 1. The lowest BCUT2D eigenvalue weighted by Crippen LogP contribution is -2.44. The second-order valence-electron chi connectivity index (χ2n) is 9.33. The van der Waals surface area contributed by atoms with E-state index < -0.39 is 0 Å². The second kappa shape index (κ2) is 12.0. The van der Waals surface area contributed by atoms with Crippen LogP contribution in [0.25, 0.3) is 11.4 Å². The molecule has 0 saturated carbocycles. The maximum Gasteiger partial charge on any atom is 0.241 e. The topological polar surface area (TPSA) is 74.5 Å². The van der Waals surface area contributed by atoms with Gasteiger partial charge in [0.15, 0.2) is 0 Å². The average Bonchev–Trinajstić information content (AvgIpc) is 3.31. The third-order valence-electron chi connectivity index (χ3n) is 6.95. The Morgan fingerprint density at radius 1 is 1.18 bits per heavy atom. The van der Waals surface area contributed by atoms with E-state index in [1.807, 2.05) is 24.3 Å². The molecule has 4 rings (SSSR count). The minimum Gasteiger partial charge on any atom is -0.356 e. The molecule has 2 atom stereocenters. The van der Waals surface area contributed by atoms with Gasteiger partial charge in [0, 0.05) is 36.3 Å². The largest absolute Gasteiger partial charge is 0.356 e. The summed E-state index contributed by atoms with van der Waals surface area (Å²) in [6.07, 6.45) is 8.17. The van der Waals surface area contributed by atoms with Gasteiger partial charge in [-0.3, -0.25) is 9.69 Å². The van der Waals surface area contributed by atoms with E-state index in [4.69, 9.17) is 16.1 Å². The average molecular weight is 474 g/mol. The van der Waals surface area contributed by atoms with Crippen molar-refractivity contribution in [2.75, 3.05) is 32.7 Å². The highest BCUT2D eigenvalue weighted by atomic mass is 35.5. The molecule has 2 aromatic rings. The van der Waals surface area contributed by atoms with Crippen molar-refractivity contribution in [1.82, 2.24) is 25.3 Å². The van der Waals surface area contributed by atoms with Crippen LogP contribution in [-0.4, -0.2) is 64.6 Å². The van der Waals surface area contributed by atoms with Crippen LogP contribution in [0.15, 0.2) is 28.8 Å². The Bertz CT molecular complexity index is 887. The first-order chi connectivity index (χ1) is 16.1. The molecule has 1 aromatic heterocycles. The minimum absolute atomic E-state index is 0.0239. The summed E-state index contributed by atoms with van der Waals surface area (Å²) in [6.45, 7) is 7.58. The Labute approximate surface area is 201 Å². The molecule has 33 heavy (non-hydrogen) atoms. The summed E-state index contributed by atoms with van der Waals surface area (Å²) in [5.74, 6) is 1.34. The number of halogens is 1. The zero-order valence-electron chi connectivity index (χ0n) is 19.6. The molecule has 0 spiro atoms. The van der Waals surface area contributed by atoms with Crippen LogP contribution in [-0.2, 0) is 11.3 Å². The van der Waals surface area contributed by atoms with Crippen molar-refractivity contribution in [2.24, 2.45) is 5.92 Å². The Kier molecular flexibility index (Phi) is 8.75. The smallest absolute Gasteiger partial charge is 0.241 e. The van der Waals surface area contributed by atoms with Gasteiger partial charge in [0.25, 0.3) is 0 Å². The number of nitrogens with zero attached hydrogens (tertiary/aromatic N) is 4. The molecule has 8 heteroatoms.